The van der Waals surface area contributed by atoms with E-state index in [4.69, 9.17) is 4.84 Å². The zero-order chi connectivity index (χ0) is 12.9. The Balaban J connectivity index is 2.09. The van der Waals surface area contributed by atoms with E-state index >= 15 is 0 Å². The van der Waals surface area contributed by atoms with E-state index < -0.39 is 0 Å². The minimum Gasteiger partial charge on any atom is -0.364 e. The van der Waals surface area contributed by atoms with Crippen LogP contribution in [0.2, 0.25) is 0 Å². The monoisotopic (exact) mass is 247 g/mol. The van der Waals surface area contributed by atoms with Gasteiger partial charge in [0.1, 0.15) is 12.0 Å². The molecule has 0 unspecified atom stereocenters. The Morgan fingerprint density at radius 1 is 0.737 bits per heavy atom. The van der Waals surface area contributed by atoms with Gasteiger partial charge in [0.2, 0.25) is 0 Å². The van der Waals surface area contributed by atoms with Crippen molar-refractivity contribution in [2.24, 2.45) is 5.16 Å². The van der Waals surface area contributed by atoms with Gasteiger partial charge in [0.05, 0.1) is 0 Å². The van der Waals surface area contributed by atoms with E-state index in [2.05, 4.69) is 17.3 Å². The molecular weight excluding hydrogens is 234 g/mol. The van der Waals surface area contributed by atoms with Crippen molar-refractivity contribution in [2.45, 2.75) is 0 Å². The summed E-state index contributed by atoms with van der Waals surface area (Å²) in [7, 11) is 0. The lowest BCUT2D eigenvalue weighted by Crippen LogP contribution is -2.04. The van der Waals surface area contributed by atoms with Gasteiger partial charge in [-0.15, -0.1) is 0 Å². The van der Waals surface area contributed by atoms with Crippen LogP contribution in [-0.2, 0) is 4.84 Å². The van der Waals surface area contributed by atoms with Gasteiger partial charge in [0, 0.05) is 11.1 Å². The lowest BCUT2D eigenvalue weighted by Gasteiger charge is -2.09. The summed E-state index contributed by atoms with van der Waals surface area (Å²) in [6.45, 7) is 0. The maximum atomic E-state index is 5.17. The van der Waals surface area contributed by atoms with Crippen molar-refractivity contribution in [2.75, 3.05) is 0 Å². The molecule has 0 fully saturated rings. The van der Waals surface area contributed by atoms with Crippen LogP contribution in [-0.4, -0.2) is 5.71 Å². The molecule has 2 heteroatoms. The summed E-state index contributed by atoms with van der Waals surface area (Å²) in [5.41, 5.74) is 4.07. The number of hydrogen-bond acceptors (Lipinski definition) is 2. The van der Waals surface area contributed by atoms with Crippen molar-refractivity contribution in [1.82, 2.24) is 0 Å². The zero-order valence-corrected chi connectivity index (χ0v) is 10.4. The molecule has 2 aromatic carbocycles. The molecule has 0 atom stereocenters. The second-order valence-corrected chi connectivity index (χ2v) is 4.19. The predicted molar refractivity (Wildman–Crippen MR) is 77.6 cm³/mol. The molecule has 0 aliphatic carbocycles. The molecule has 92 valence electrons. The van der Waals surface area contributed by atoms with Crippen molar-refractivity contribution >= 4 is 11.3 Å². The lowest BCUT2D eigenvalue weighted by atomic mass is 9.96. The largest absolute Gasteiger partial charge is 0.364 e. The molecule has 0 spiro atoms. The first-order valence-corrected chi connectivity index (χ1v) is 6.17. The van der Waals surface area contributed by atoms with Crippen molar-refractivity contribution < 1.29 is 4.84 Å². The van der Waals surface area contributed by atoms with Gasteiger partial charge in [0.25, 0.3) is 0 Å². The van der Waals surface area contributed by atoms with Crippen molar-refractivity contribution in [3.8, 4) is 0 Å². The van der Waals surface area contributed by atoms with E-state index in [9.17, 15) is 0 Å². The third kappa shape index (κ3) is 2.47. The first kappa shape index (κ1) is 11.5. The Morgan fingerprint density at radius 2 is 1.37 bits per heavy atom. The first-order valence-electron chi connectivity index (χ1n) is 6.17. The summed E-state index contributed by atoms with van der Waals surface area (Å²) >= 11 is 0. The fourth-order valence-electron chi connectivity index (χ4n) is 2.04. The Labute approximate surface area is 112 Å². The van der Waals surface area contributed by atoms with E-state index in [1.165, 1.54) is 0 Å². The second-order valence-electron chi connectivity index (χ2n) is 4.19. The van der Waals surface area contributed by atoms with Crippen LogP contribution in [0.4, 0.5) is 0 Å². The maximum Gasteiger partial charge on any atom is 0.122 e. The topological polar surface area (TPSA) is 21.6 Å². The minimum absolute atomic E-state index is 0.844. The van der Waals surface area contributed by atoms with E-state index in [1.807, 2.05) is 60.7 Å². The first-order chi connectivity index (χ1) is 9.45. The van der Waals surface area contributed by atoms with Crippen molar-refractivity contribution in [3.05, 3.63) is 90.2 Å². The van der Waals surface area contributed by atoms with Crippen LogP contribution in [0.25, 0.3) is 5.57 Å². The molecule has 19 heavy (non-hydrogen) atoms. The van der Waals surface area contributed by atoms with Crippen LogP contribution < -0.4 is 0 Å². The molecule has 1 aliphatic rings. The van der Waals surface area contributed by atoms with E-state index in [1.54, 1.807) is 6.26 Å². The van der Waals surface area contributed by atoms with Crippen LogP contribution in [0.5, 0.6) is 0 Å². The molecule has 0 saturated carbocycles. The van der Waals surface area contributed by atoms with Gasteiger partial charge >= 0.3 is 0 Å². The summed E-state index contributed by atoms with van der Waals surface area (Å²) in [6.07, 6.45) is 5.47. The third-order valence-electron chi connectivity index (χ3n) is 2.93. The van der Waals surface area contributed by atoms with Gasteiger partial charge in [-0.3, -0.25) is 0 Å². The number of nitrogens with zero attached hydrogens (tertiary/aromatic N) is 1. The van der Waals surface area contributed by atoms with Crippen LogP contribution in [0.3, 0.4) is 0 Å². The van der Waals surface area contributed by atoms with Gasteiger partial charge in [-0.25, -0.2) is 0 Å². The summed E-state index contributed by atoms with van der Waals surface area (Å²) in [5.74, 6) is 0. The van der Waals surface area contributed by atoms with Crippen LogP contribution in [0.15, 0.2) is 84.2 Å². The fourth-order valence-corrected chi connectivity index (χ4v) is 2.04. The standard InChI is InChI=1S/C17H13NO/c1-3-8-14(9-4-1)16-12-7-13-19-18-17(16)15-10-5-2-6-11-15/h1-13H. The fraction of sp³-hybridized carbons (Fsp3) is 0. The van der Waals surface area contributed by atoms with Crippen LogP contribution in [0, 0.1) is 0 Å². The highest BCUT2D eigenvalue weighted by Gasteiger charge is 2.13. The van der Waals surface area contributed by atoms with Gasteiger partial charge in [0.15, 0.2) is 0 Å². The molecular formula is C17H13NO. The number of rotatable bonds is 2. The zero-order valence-electron chi connectivity index (χ0n) is 10.4. The highest BCUT2D eigenvalue weighted by atomic mass is 16.6. The molecule has 3 rings (SSSR count). The van der Waals surface area contributed by atoms with Crippen molar-refractivity contribution in [3.63, 3.8) is 0 Å². The average Bonchev–Trinajstić information content (AvgIpc) is 2.75. The second kappa shape index (κ2) is 5.36. The summed E-state index contributed by atoms with van der Waals surface area (Å²) in [4.78, 5) is 5.17. The van der Waals surface area contributed by atoms with Gasteiger partial charge in [-0.05, 0) is 17.7 Å². The molecule has 0 aromatic heterocycles. The number of hydrogen-bond donors (Lipinski definition) is 0. The van der Waals surface area contributed by atoms with Crippen molar-refractivity contribution in [1.29, 1.82) is 0 Å². The molecule has 0 amide bonds. The maximum absolute atomic E-state index is 5.17. The highest BCUT2D eigenvalue weighted by molar-refractivity contribution is 6.31. The molecule has 2 nitrogen and oxygen atoms in total. The minimum atomic E-state index is 0.844. The Kier molecular flexibility index (Phi) is 3.24. The molecule has 0 saturated heterocycles. The van der Waals surface area contributed by atoms with Gasteiger partial charge < -0.3 is 4.84 Å². The summed E-state index contributed by atoms with van der Waals surface area (Å²) in [5, 5.41) is 4.21. The van der Waals surface area contributed by atoms with Crippen LogP contribution in [0.1, 0.15) is 11.1 Å². The Bertz CT molecular complexity index is 639. The number of benzene rings is 2. The average molecular weight is 247 g/mol. The Morgan fingerprint density at radius 3 is 2.05 bits per heavy atom. The SMILES string of the molecule is C1=CON=C(c2ccccc2)C(c2ccccc2)=C1. The number of oxime groups is 1. The molecule has 0 N–H and O–H groups in total. The normalized spacial score (nSPS) is 14.1. The lowest BCUT2D eigenvalue weighted by molar-refractivity contribution is 0.270. The van der Waals surface area contributed by atoms with Gasteiger partial charge in [-0.2, -0.15) is 0 Å². The molecule has 1 aliphatic heterocycles. The molecule has 0 radical (unpaired) electrons. The third-order valence-corrected chi connectivity index (χ3v) is 2.93. The quantitative estimate of drug-likeness (QED) is 0.785. The molecule has 2 aromatic rings. The molecule has 1 heterocycles. The predicted octanol–water partition coefficient (Wildman–Crippen LogP) is 4.02. The van der Waals surface area contributed by atoms with E-state index in [-0.39, 0.29) is 0 Å². The summed E-state index contributed by atoms with van der Waals surface area (Å²) in [6, 6.07) is 20.2. The highest BCUT2D eigenvalue weighted by Crippen LogP contribution is 2.22. The molecule has 0 bridgehead atoms. The van der Waals surface area contributed by atoms with E-state index in [0.717, 1.165) is 22.4 Å². The smallest absolute Gasteiger partial charge is 0.122 e. The van der Waals surface area contributed by atoms with Gasteiger partial charge in [-0.1, -0.05) is 65.8 Å². The Hall–Kier alpha value is -2.61. The number of allylic oxidation sites excluding steroid dienone is 3. The van der Waals surface area contributed by atoms with E-state index in [0.29, 0.717) is 0 Å². The van der Waals surface area contributed by atoms with Crippen LogP contribution >= 0.6 is 0 Å². The summed E-state index contributed by atoms with van der Waals surface area (Å²) < 4.78 is 0.